The monoisotopic (exact) mass is 281 g/mol. The minimum absolute atomic E-state index is 0.0702. The minimum atomic E-state index is -0.990. The van der Waals surface area contributed by atoms with E-state index in [4.69, 9.17) is 20.9 Å². The first-order valence-electron chi connectivity index (χ1n) is 5.88. The summed E-state index contributed by atoms with van der Waals surface area (Å²) >= 11 is 0. The number of anilines is 1. The minimum Gasteiger partial charge on any atom is -0.481 e. The van der Waals surface area contributed by atoms with Crippen LogP contribution in [0, 0.1) is 34.0 Å². The number of carboxylic acids is 1. The van der Waals surface area contributed by atoms with Crippen molar-refractivity contribution in [1.29, 1.82) is 15.8 Å². The Morgan fingerprint density at radius 2 is 1.76 bits per heavy atom. The Labute approximate surface area is 121 Å². The highest BCUT2D eigenvalue weighted by atomic mass is 16.4. The van der Waals surface area contributed by atoms with Crippen molar-refractivity contribution >= 4 is 11.7 Å². The third kappa shape index (κ3) is 4.94. The molecule has 0 saturated carbocycles. The van der Waals surface area contributed by atoms with Crippen molar-refractivity contribution in [1.82, 2.24) is 5.32 Å². The molecule has 0 unspecified atom stereocenters. The molecule has 1 aromatic rings. The lowest BCUT2D eigenvalue weighted by Gasteiger charge is -2.13. The van der Waals surface area contributed by atoms with Gasteiger partial charge in [-0.15, -0.1) is 0 Å². The van der Waals surface area contributed by atoms with Gasteiger partial charge in [-0.05, 0) is 24.3 Å². The third-order valence-electron chi connectivity index (χ3n) is 2.40. The number of carboxylic acid groups (broad SMARTS) is 1. The zero-order chi connectivity index (χ0) is 15.7. The zero-order valence-corrected chi connectivity index (χ0v) is 10.9. The molecule has 7 nitrogen and oxygen atoms in total. The van der Waals surface area contributed by atoms with Crippen molar-refractivity contribution in [2.75, 3.05) is 11.9 Å². The van der Waals surface area contributed by atoms with Gasteiger partial charge in [0.1, 0.15) is 18.0 Å². The van der Waals surface area contributed by atoms with Gasteiger partial charge in [-0.25, -0.2) is 0 Å². The van der Waals surface area contributed by atoms with Crippen LogP contribution >= 0.6 is 0 Å². The summed E-state index contributed by atoms with van der Waals surface area (Å²) in [6, 6.07) is 11.8. The van der Waals surface area contributed by atoms with E-state index in [1.54, 1.807) is 36.4 Å². The van der Waals surface area contributed by atoms with E-state index >= 15 is 0 Å². The van der Waals surface area contributed by atoms with E-state index in [9.17, 15) is 4.79 Å². The van der Waals surface area contributed by atoms with Gasteiger partial charge < -0.3 is 15.7 Å². The summed E-state index contributed by atoms with van der Waals surface area (Å²) in [6.07, 6.45) is -0.150. The number of nitrogens with one attached hydrogen (secondary N) is 2. The molecule has 0 radical (unpaired) electrons. The molecule has 0 amide bonds. The molecule has 104 valence electrons. The zero-order valence-electron chi connectivity index (χ0n) is 10.9. The van der Waals surface area contributed by atoms with Crippen molar-refractivity contribution < 1.29 is 9.90 Å². The second kappa shape index (κ2) is 7.83. The van der Waals surface area contributed by atoms with E-state index in [0.717, 1.165) is 0 Å². The van der Waals surface area contributed by atoms with Gasteiger partial charge in [-0.3, -0.25) is 4.79 Å². The van der Waals surface area contributed by atoms with Gasteiger partial charge >= 0.3 is 5.97 Å². The van der Waals surface area contributed by atoms with Crippen LogP contribution in [-0.2, 0) is 4.79 Å². The predicted octanol–water partition coefficient (Wildman–Crippen LogP) is 1.29. The SMILES string of the molecule is N#CC(C#N)=C(NCCC(=O)O)Nc1ccc(C#N)cc1. The van der Waals surface area contributed by atoms with Gasteiger partial charge in [0.2, 0.25) is 0 Å². The standard InChI is InChI=1S/C14H11N5O2/c15-7-10-1-3-12(4-2-10)19-14(11(8-16)9-17)18-6-5-13(20)21/h1-4,18-19H,5-6H2,(H,20,21). The smallest absolute Gasteiger partial charge is 0.305 e. The summed E-state index contributed by atoms with van der Waals surface area (Å²) in [4.78, 5) is 10.5. The van der Waals surface area contributed by atoms with Crippen molar-refractivity contribution in [2.24, 2.45) is 0 Å². The average molecular weight is 281 g/mol. The Hall–Kier alpha value is -3.50. The van der Waals surface area contributed by atoms with E-state index in [-0.39, 0.29) is 24.4 Å². The second-order valence-electron chi connectivity index (χ2n) is 3.86. The number of nitriles is 3. The van der Waals surface area contributed by atoms with Gasteiger partial charge in [-0.2, -0.15) is 15.8 Å². The van der Waals surface area contributed by atoms with Crippen LogP contribution in [0.1, 0.15) is 12.0 Å². The fourth-order valence-electron chi connectivity index (χ4n) is 1.40. The molecule has 7 heteroatoms. The Morgan fingerprint density at radius 1 is 1.14 bits per heavy atom. The van der Waals surface area contributed by atoms with Crippen molar-refractivity contribution in [3.05, 3.63) is 41.2 Å². The van der Waals surface area contributed by atoms with E-state index in [1.807, 2.05) is 6.07 Å². The van der Waals surface area contributed by atoms with Gasteiger partial charge in [0.25, 0.3) is 0 Å². The lowest BCUT2D eigenvalue weighted by Crippen LogP contribution is -2.24. The molecule has 1 aromatic carbocycles. The quantitative estimate of drug-likeness (QED) is 0.669. The molecule has 0 aliphatic rings. The van der Waals surface area contributed by atoms with E-state index in [0.29, 0.717) is 11.3 Å². The molecule has 0 atom stereocenters. The van der Waals surface area contributed by atoms with E-state index in [2.05, 4.69) is 10.6 Å². The number of benzene rings is 1. The summed E-state index contributed by atoms with van der Waals surface area (Å²) in [5, 5.41) is 40.6. The van der Waals surface area contributed by atoms with Crippen LogP contribution in [0.3, 0.4) is 0 Å². The summed E-state index contributed by atoms with van der Waals surface area (Å²) in [6.45, 7) is 0.0702. The Morgan fingerprint density at radius 3 is 2.24 bits per heavy atom. The molecule has 0 spiro atoms. The number of nitrogens with zero attached hydrogens (tertiary/aromatic N) is 3. The number of rotatable bonds is 6. The average Bonchev–Trinajstić information content (AvgIpc) is 2.48. The highest BCUT2D eigenvalue weighted by Gasteiger charge is 2.07. The molecule has 0 heterocycles. The molecular weight excluding hydrogens is 270 g/mol. The highest BCUT2D eigenvalue weighted by molar-refractivity contribution is 5.67. The van der Waals surface area contributed by atoms with Gasteiger partial charge in [-0.1, -0.05) is 0 Å². The lowest BCUT2D eigenvalue weighted by molar-refractivity contribution is -0.136. The molecule has 21 heavy (non-hydrogen) atoms. The Balaban J connectivity index is 2.90. The number of allylic oxidation sites excluding steroid dienone is 1. The van der Waals surface area contributed by atoms with Gasteiger partial charge in [0, 0.05) is 12.2 Å². The van der Waals surface area contributed by atoms with Crippen LogP contribution in [-0.4, -0.2) is 17.6 Å². The largest absolute Gasteiger partial charge is 0.481 e. The van der Waals surface area contributed by atoms with Crippen LogP contribution in [0.2, 0.25) is 0 Å². The number of hydrogen-bond donors (Lipinski definition) is 3. The summed E-state index contributed by atoms with van der Waals surface area (Å²) in [5.41, 5.74) is 0.852. The van der Waals surface area contributed by atoms with Gasteiger partial charge in [0.15, 0.2) is 5.57 Å². The third-order valence-corrected chi connectivity index (χ3v) is 2.40. The molecule has 1 rings (SSSR count). The first kappa shape index (κ1) is 15.6. The Kier molecular flexibility index (Phi) is 5.80. The molecule has 0 aliphatic heterocycles. The summed E-state index contributed by atoms with van der Waals surface area (Å²) in [5.74, 6) is -0.860. The van der Waals surface area contributed by atoms with Crippen LogP contribution in [0.4, 0.5) is 5.69 Å². The van der Waals surface area contributed by atoms with Crippen LogP contribution in [0.15, 0.2) is 35.7 Å². The van der Waals surface area contributed by atoms with Crippen molar-refractivity contribution in [3.8, 4) is 18.2 Å². The molecule has 0 saturated heterocycles. The molecular formula is C14H11N5O2. The van der Waals surface area contributed by atoms with Crippen molar-refractivity contribution in [3.63, 3.8) is 0 Å². The van der Waals surface area contributed by atoms with Crippen LogP contribution < -0.4 is 10.6 Å². The maximum absolute atomic E-state index is 10.5. The molecule has 0 aromatic heterocycles. The maximum atomic E-state index is 10.5. The van der Waals surface area contributed by atoms with Gasteiger partial charge in [0.05, 0.1) is 18.1 Å². The second-order valence-corrected chi connectivity index (χ2v) is 3.86. The normalized spacial score (nSPS) is 8.62. The number of aliphatic carboxylic acids is 1. The number of carbonyl (C=O) groups is 1. The van der Waals surface area contributed by atoms with Crippen LogP contribution in [0.25, 0.3) is 0 Å². The maximum Gasteiger partial charge on any atom is 0.305 e. The lowest BCUT2D eigenvalue weighted by atomic mass is 10.2. The predicted molar refractivity (Wildman–Crippen MR) is 73.3 cm³/mol. The summed E-state index contributed by atoms with van der Waals surface area (Å²) in [7, 11) is 0. The Bertz CT molecular complexity index is 655. The highest BCUT2D eigenvalue weighted by Crippen LogP contribution is 2.12. The first-order chi connectivity index (χ1) is 10.1. The molecule has 0 aliphatic carbocycles. The van der Waals surface area contributed by atoms with E-state index < -0.39 is 5.97 Å². The number of hydrogen-bond acceptors (Lipinski definition) is 6. The fourth-order valence-corrected chi connectivity index (χ4v) is 1.40. The molecule has 0 fully saturated rings. The fraction of sp³-hybridized carbons (Fsp3) is 0.143. The molecule has 3 N–H and O–H groups in total. The summed E-state index contributed by atoms with van der Waals surface area (Å²) < 4.78 is 0. The van der Waals surface area contributed by atoms with Crippen LogP contribution in [0.5, 0.6) is 0 Å². The molecule has 0 bridgehead atoms. The van der Waals surface area contributed by atoms with Crippen molar-refractivity contribution in [2.45, 2.75) is 6.42 Å². The van der Waals surface area contributed by atoms with E-state index in [1.165, 1.54) is 0 Å². The first-order valence-corrected chi connectivity index (χ1v) is 5.88. The topological polar surface area (TPSA) is 133 Å².